The molecule has 0 spiro atoms. The zero-order valence-electron chi connectivity index (χ0n) is 23.5. The largest absolute Gasteiger partial charge is 0.494 e. The van der Waals surface area contributed by atoms with E-state index in [9.17, 15) is 8.42 Å². The van der Waals surface area contributed by atoms with Crippen molar-refractivity contribution in [1.82, 2.24) is 16.0 Å². The number of sulfone groups is 1. The zero-order valence-corrected chi connectivity index (χ0v) is 24.3. The number of hydrogen-bond acceptors (Lipinski definition) is 6. The van der Waals surface area contributed by atoms with Crippen LogP contribution in [0.25, 0.3) is 10.8 Å². The average molecular weight is 562 g/mol. The first-order chi connectivity index (χ1) is 19.5. The number of rotatable bonds is 13. The lowest BCUT2D eigenvalue weighted by Gasteiger charge is -2.36. The van der Waals surface area contributed by atoms with Crippen LogP contribution in [0.5, 0.6) is 5.75 Å². The highest BCUT2D eigenvalue weighted by molar-refractivity contribution is 7.92. The minimum atomic E-state index is -3.58. The maximum absolute atomic E-state index is 14.2. The maximum atomic E-state index is 14.2. The van der Waals surface area contributed by atoms with E-state index >= 15 is 0 Å². The van der Waals surface area contributed by atoms with Gasteiger partial charge in [0.15, 0.2) is 9.84 Å². The van der Waals surface area contributed by atoms with Gasteiger partial charge < -0.3 is 20.7 Å². The Bertz CT molecular complexity index is 1390. The molecule has 2 saturated heterocycles. The van der Waals surface area contributed by atoms with Gasteiger partial charge in [-0.3, -0.25) is 0 Å². The highest BCUT2D eigenvalue weighted by atomic mass is 32.2. The SMILES string of the molecule is CCCCCOc1ccc(S(=O)(=O)[C@@H]2[C@H]3N[C@H](C[C@@H]3CNC3CCC3)[C@H]2NCc2ccc3ccccc3c2)cc1. The standard InChI is InChI=1S/C33H43N3O3S/c1-2-3-6-18-39-28-14-16-29(17-15-28)40(37,38)33-31-26(22-34-27-10-7-11-27)20-30(36-31)32(33)35-21-23-12-13-24-8-4-5-9-25(24)19-23/h4-5,8-9,12-17,19,26-27,30-36H,2-3,6-7,10-11,18,20-22H2,1H3/t26-,30-,31+,32-,33-/m1/s1. The summed E-state index contributed by atoms with van der Waals surface area (Å²) in [6.07, 6.45) is 8.05. The van der Waals surface area contributed by atoms with Crippen molar-refractivity contribution in [3.8, 4) is 5.75 Å². The van der Waals surface area contributed by atoms with Gasteiger partial charge in [-0.25, -0.2) is 8.42 Å². The minimum absolute atomic E-state index is 0.0679. The first-order valence-corrected chi connectivity index (χ1v) is 16.7. The van der Waals surface area contributed by atoms with Gasteiger partial charge >= 0.3 is 0 Å². The van der Waals surface area contributed by atoms with E-state index in [-0.39, 0.29) is 18.1 Å². The lowest BCUT2D eigenvalue weighted by atomic mass is 9.84. The van der Waals surface area contributed by atoms with Gasteiger partial charge in [0, 0.05) is 30.7 Å². The van der Waals surface area contributed by atoms with Gasteiger partial charge in [0.1, 0.15) is 5.75 Å². The molecule has 2 bridgehead atoms. The summed E-state index contributed by atoms with van der Waals surface area (Å²) in [5.41, 5.74) is 1.17. The van der Waals surface area contributed by atoms with Crippen molar-refractivity contribution < 1.29 is 13.2 Å². The maximum Gasteiger partial charge on any atom is 0.184 e. The molecule has 1 aliphatic carbocycles. The molecule has 3 fully saturated rings. The Morgan fingerprint density at radius 3 is 2.50 bits per heavy atom. The van der Waals surface area contributed by atoms with Crippen molar-refractivity contribution >= 4 is 20.6 Å². The van der Waals surface area contributed by atoms with Crippen LogP contribution in [0.2, 0.25) is 0 Å². The second-order valence-corrected chi connectivity index (χ2v) is 14.1. The Morgan fingerprint density at radius 2 is 1.75 bits per heavy atom. The average Bonchev–Trinajstić information content (AvgIpc) is 3.52. The summed E-state index contributed by atoms with van der Waals surface area (Å²) in [5.74, 6) is 1.04. The Balaban J connectivity index is 1.20. The van der Waals surface area contributed by atoms with Crippen LogP contribution in [0.3, 0.4) is 0 Å². The molecule has 2 heterocycles. The van der Waals surface area contributed by atoms with Crippen LogP contribution in [-0.4, -0.2) is 51.0 Å². The minimum Gasteiger partial charge on any atom is -0.494 e. The van der Waals surface area contributed by atoms with Crippen LogP contribution in [0.1, 0.15) is 57.4 Å². The highest BCUT2D eigenvalue weighted by Crippen LogP contribution is 2.40. The monoisotopic (exact) mass is 561 g/mol. The summed E-state index contributed by atoms with van der Waals surface area (Å²) in [7, 11) is -3.58. The van der Waals surface area contributed by atoms with Gasteiger partial charge in [-0.15, -0.1) is 0 Å². The van der Waals surface area contributed by atoms with Crippen molar-refractivity contribution in [2.24, 2.45) is 5.92 Å². The van der Waals surface area contributed by atoms with Gasteiger partial charge in [-0.1, -0.05) is 62.6 Å². The van der Waals surface area contributed by atoms with Crippen molar-refractivity contribution in [2.75, 3.05) is 13.2 Å². The predicted octanol–water partition coefficient (Wildman–Crippen LogP) is 5.21. The molecule has 3 N–H and O–H groups in total. The van der Waals surface area contributed by atoms with Crippen molar-refractivity contribution in [2.45, 2.75) is 92.7 Å². The van der Waals surface area contributed by atoms with Gasteiger partial charge in [0.25, 0.3) is 0 Å². The van der Waals surface area contributed by atoms with Crippen molar-refractivity contribution in [3.63, 3.8) is 0 Å². The van der Waals surface area contributed by atoms with E-state index in [1.807, 2.05) is 12.1 Å². The number of benzene rings is 3. The van der Waals surface area contributed by atoms with E-state index in [4.69, 9.17) is 4.74 Å². The number of fused-ring (bicyclic) bond motifs is 3. The fourth-order valence-electron chi connectivity index (χ4n) is 6.78. The summed E-state index contributed by atoms with van der Waals surface area (Å²) in [4.78, 5) is 0.385. The summed E-state index contributed by atoms with van der Waals surface area (Å²) in [6, 6.07) is 22.5. The molecule has 6 nitrogen and oxygen atoms in total. The molecular weight excluding hydrogens is 518 g/mol. The van der Waals surface area contributed by atoms with Crippen LogP contribution in [-0.2, 0) is 16.4 Å². The molecule has 0 amide bonds. The fraction of sp³-hybridized carbons (Fsp3) is 0.515. The number of hydrogen-bond donors (Lipinski definition) is 3. The Morgan fingerprint density at radius 1 is 0.950 bits per heavy atom. The molecule has 3 aromatic rings. The summed E-state index contributed by atoms with van der Waals surface area (Å²) >= 11 is 0. The van der Waals surface area contributed by atoms with Gasteiger partial charge in [0.2, 0.25) is 0 Å². The molecule has 0 aromatic heterocycles. The van der Waals surface area contributed by atoms with Crippen LogP contribution in [0, 0.1) is 5.92 Å². The predicted molar refractivity (Wildman–Crippen MR) is 161 cm³/mol. The second-order valence-electron chi connectivity index (χ2n) is 12.0. The van der Waals surface area contributed by atoms with Crippen molar-refractivity contribution in [3.05, 3.63) is 72.3 Å². The topological polar surface area (TPSA) is 79.5 Å². The van der Waals surface area contributed by atoms with E-state index in [1.165, 1.54) is 35.6 Å². The molecule has 214 valence electrons. The second kappa shape index (κ2) is 12.2. The zero-order chi connectivity index (χ0) is 27.5. The summed E-state index contributed by atoms with van der Waals surface area (Å²) in [5, 5.41) is 13.0. The molecule has 5 atom stereocenters. The third-order valence-electron chi connectivity index (χ3n) is 9.27. The molecule has 3 aliphatic rings. The van der Waals surface area contributed by atoms with E-state index in [1.54, 1.807) is 12.1 Å². The number of ether oxygens (including phenoxy) is 1. The fourth-order valence-corrected chi connectivity index (χ4v) is 8.97. The van der Waals surface area contributed by atoms with Gasteiger partial charge in [-0.05, 0) is 84.8 Å². The molecule has 3 aromatic carbocycles. The summed E-state index contributed by atoms with van der Waals surface area (Å²) in [6.45, 7) is 4.35. The number of unbranched alkanes of at least 4 members (excludes halogenated alkanes) is 2. The molecular formula is C33H43N3O3S. The quantitative estimate of drug-likeness (QED) is 0.249. The molecule has 0 radical (unpaired) electrons. The molecule has 2 aliphatic heterocycles. The molecule has 40 heavy (non-hydrogen) atoms. The van der Waals surface area contributed by atoms with E-state index in [0.29, 0.717) is 30.0 Å². The van der Waals surface area contributed by atoms with E-state index in [2.05, 4.69) is 65.3 Å². The van der Waals surface area contributed by atoms with E-state index in [0.717, 1.165) is 38.0 Å². The van der Waals surface area contributed by atoms with Crippen LogP contribution < -0.4 is 20.7 Å². The third kappa shape index (κ3) is 5.80. The molecule has 1 saturated carbocycles. The van der Waals surface area contributed by atoms with Crippen LogP contribution in [0.15, 0.2) is 71.6 Å². The highest BCUT2D eigenvalue weighted by Gasteiger charge is 2.57. The van der Waals surface area contributed by atoms with Gasteiger partial charge in [-0.2, -0.15) is 0 Å². The van der Waals surface area contributed by atoms with Gasteiger partial charge in [0.05, 0.1) is 16.8 Å². The Kier molecular flexibility index (Phi) is 8.45. The first-order valence-electron chi connectivity index (χ1n) is 15.2. The lowest BCUT2D eigenvalue weighted by molar-refractivity contribution is 0.281. The van der Waals surface area contributed by atoms with E-state index < -0.39 is 15.1 Å². The lowest BCUT2D eigenvalue weighted by Crippen LogP contribution is -2.55. The molecule has 7 heteroatoms. The normalized spacial score (nSPS) is 26.3. The number of nitrogens with one attached hydrogen (secondary N) is 3. The Hall–Kier alpha value is -2.45. The molecule has 6 rings (SSSR count). The first kappa shape index (κ1) is 27.7. The Labute approximate surface area is 239 Å². The van der Waals surface area contributed by atoms with Crippen LogP contribution in [0.4, 0.5) is 0 Å². The van der Waals surface area contributed by atoms with Crippen molar-refractivity contribution in [1.29, 1.82) is 0 Å². The van der Waals surface area contributed by atoms with Crippen LogP contribution >= 0.6 is 0 Å². The molecule has 0 unspecified atom stereocenters. The third-order valence-corrected chi connectivity index (χ3v) is 11.5. The smallest absolute Gasteiger partial charge is 0.184 e. The summed E-state index contributed by atoms with van der Waals surface area (Å²) < 4.78 is 34.3.